The first-order valence-corrected chi connectivity index (χ1v) is 3.33. The zero-order chi connectivity index (χ0) is 6.28. The molecule has 1 N–H and O–H groups in total. The summed E-state index contributed by atoms with van der Waals surface area (Å²) in [5, 5.41) is 0. The van der Waals surface area contributed by atoms with Crippen LogP contribution in [0.25, 0.3) is 0 Å². The van der Waals surface area contributed by atoms with Crippen LogP contribution in [-0.4, -0.2) is 8.50 Å². The van der Waals surface area contributed by atoms with Crippen molar-refractivity contribution in [1.29, 1.82) is 4.78 Å². The number of alkyl halides is 3. The SMILES string of the molecule is ClC(Cl)Cl.N=[SH2]=O. The van der Waals surface area contributed by atoms with Gasteiger partial charge in [0, 0.05) is 11.5 Å². The highest BCUT2D eigenvalue weighted by molar-refractivity contribution is 7.53. The molecule has 0 heterocycles. The third-order valence-corrected chi connectivity index (χ3v) is 0. The Kier molecular flexibility index (Phi) is 15.3. The van der Waals surface area contributed by atoms with E-state index in [4.69, 9.17) is 43.8 Å². The summed E-state index contributed by atoms with van der Waals surface area (Å²) < 4.78 is 13.6. The van der Waals surface area contributed by atoms with Crippen LogP contribution >= 0.6 is 34.8 Å². The van der Waals surface area contributed by atoms with Gasteiger partial charge in [-0.25, -0.2) is 0 Å². The Morgan fingerprint density at radius 3 is 1.43 bits per heavy atom. The summed E-state index contributed by atoms with van der Waals surface area (Å²) in [6.07, 6.45) is 0. The Balaban J connectivity index is 0. The molecule has 0 unspecified atom stereocenters. The molecule has 0 aromatic carbocycles. The fourth-order valence-corrected chi connectivity index (χ4v) is 0. The molecular weight excluding hydrogens is 180 g/mol. The molecule has 0 spiro atoms. The smallest absolute Gasteiger partial charge is 0.180 e. The molecule has 0 saturated carbocycles. The third kappa shape index (κ3) is 236. The third-order valence-electron chi connectivity index (χ3n) is 0. The number of rotatable bonds is 0. The van der Waals surface area contributed by atoms with Gasteiger partial charge in [-0.3, -0.25) is 8.99 Å². The van der Waals surface area contributed by atoms with Crippen molar-refractivity contribution in [2.75, 3.05) is 0 Å². The number of halogens is 3. The highest BCUT2D eigenvalue weighted by Gasteiger charge is 1.78. The predicted octanol–water partition coefficient (Wildman–Crippen LogP) is 1.41. The lowest BCUT2D eigenvalue weighted by Crippen LogP contribution is -1.55. The van der Waals surface area contributed by atoms with Gasteiger partial charge in [0.05, 0.1) is 0 Å². The Bertz CT molecular complexity index is 57.2. The summed E-state index contributed by atoms with van der Waals surface area (Å²) in [5.74, 6) is 0. The maximum absolute atomic E-state index is 8.62. The van der Waals surface area contributed by atoms with Crippen LogP contribution < -0.4 is 0 Å². The molecule has 0 aliphatic carbocycles. The first kappa shape index (κ1) is 10.7. The van der Waals surface area contributed by atoms with Crippen LogP contribution in [0.3, 0.4) is 0 Å². The Morgan fingerprint density at radius 1 is 1.43 bits per heavy atom. The molecule has 0 bridgehead atoms. The molecule has 0 amide bonds. The minimum atomic E-state index is -0.917. The highest BCUT2D eigenvalue weighted by Crippen LogP contribution is 2.03. The van der Waals surface area contributed by atoms with Crippen LogP contribution in [0, 0.1) is 4.78 Å². The molecule has 0 atom stereocenters. The van der Waals surface area contributed by atoms with E-state index in [1.165, 1.54) is 0 Å². The molecular formula is CH4Cl3NOS. The molecule has 0 aliphatic heterocycles. The molecule has 7 heavy (non-hydrogen) atoms. The summed E-state index contributed by atoms with van der Waals surface area (Å²) in [6.45, 7) is 0. The van der Waals surface area contributed by atoms with Crippen molar-refractivity contribution in [2.45, 2.75) is 4.30 Å². The first-order valence-electron chi connectivity index (χ1n) is 1.11. The maximum atomic E-state index is 8.62. The molecule has 0 radical (unpaired) electrons. The van der Waals surface area contributed by atoms with Gasteiger partial charge in [0.25, 0.3) is 0 Å². The summed E-state index contributed by atoms with van der Waals surface area (Å²) in [5.41, 5.74) is 0. The van der Waals surface area contributed by atoms with Gasteiger partial charge in [0.15, 0.2) is 4.30 Å². The van der Waals surface area contributed by atoms with Gasteiger partial charge in [-0.2, -0.15) is 0 Å². The average molecular weight is 184 g/mol. The summed E-state index contributed by atoms with van der Waals surface area (Å²) >= 11 is 13.5. The van der Waals surface area contributed by atoms with Crippen LogP contribution in [0.1, 0.15) is 0 Å². The van der Waals surface area contributed by atoms with Crippen LogP contribution in [0.4, 0.5) is 0 Å². The van der Waals surface area contributed by atoms with Crippen molar-refractivity contribution in [3.63, 3.8) is 0 Å². The Labute approximate surface area is 59.8 Å². The molecule has 2 nitrogen and oxygen atoms in total. The second kappa shape index (κ2) is 9.94. The molecule has 0 rings (SSSR count). The van der Waals surface area contributed by atoms with Crippen LogP contribution in [-0.2, 0) is 11.5 Å². The van der Waals surface area contributed by atoms with Crippen molar-refractivity contribution in [1.82, 2.24) is 0 Å². The normalized spacial score (nSPS) is 9.14. The second-order valence-corrected chi connectivity index (χ2v) is 2.53. The van der Waals surface area contributed by atoms with Gasteiger partial charge in [-0.15, -0.1) is 0 Å². The molecule has 0 aromatic rings. The summed E-state index contributed by atoms with van der Waals surface area (Å²) in [7, 11) is 0. The van der Waals surface area contributed by atoms with E-state index in [1.807, 2.05) is 0 Å². The van der Waals surface area contributed by atoms with E-state index >= 15 is 0 Å². The number of hydrogen-bond acceptors (Lipinski definition) is 2. The summed E-state index contributed by atoms with van der Waals surface area (Å²) in [6, 6.07) is 0. The van der Waals surface area contributed by atoms with E-state index in [-0.39, 0.29) is 0 Å². The zero-order valence-electron chi connectivity index (χ0n) is 3.12. The fraction of sp³-hybridized carbons (Fsp3) is 1.00. The van der Waals surface area contributed by atoms with Gasteiger partial charge in [-0.05, 0) is 0 Å². The zero-order valence-corrected chi connectivity index (χ0v) is 6.39. The van der Waals surface area contributed by atoms with E-state index in [2.05, 4.69) is 0 Å². The van der Waals surface area contributed by atoms with Gasteiger partial charge >= 0.3 is 0 Å². The molecule has 46 valence electrons. The highest BCUT2D eigenvalue weighted by atomic mass is 35.6. The number of nitrogens with one attached hydrogen (secondary N) is 1. The molecule has 0 aromatic heterocycles. The van der Waals surface area contributed by atoms with Crippen molar-refractivity contribution in [3.8, 4) is 0 Å². The average Bonchev–Trinajstić information content (AvgIpc) is 1.33. The first-order chi connectivity index (χ1) is 3.15. The lowest BCUT2D eigenvalue weighted by Gasteiger charge is -1.69. The topological polar surface area (TPSA) is 40.9 Å². The Hall–Kier alpha value is 0.820. The lowest BCUT2D eigenvalue weighted by molar-refractivity contribution is 0.697. The van der Waals surface area contributed by atoms with Gasteiger partial charge < -0.3 is 0 Å². The fourth-order valence-electron chi connectivity index (χ4n) is 0. The minimum Gasteiger partial charge on any atom is -0.258 e. The lowest BCUT2D eigenvalue weighted by atomic mass is 11.9. The van der Waals surface area contributed by atoms with Crippen LogP contribution in [0.15, 0.2) is 0 Å². The van der Waals surface area contributed by atoms with Crippen molar-refractivity contribution in [3.05, 3.63) is 0 Å². The van der Waals surface area contributed by atoms with E-state index in [1.54, 1.807) is 0 Å². The molecule has 0 aliphatic rings. The van der Waals surface area contributed by atoms with E-state index in [9.17, 15) is 0 Å². The van der Waals surface area contributed by atoms with Crippen LogP contribution in [0.5, 0.6) is 0 Å². The standard InChI is InChI=1S/CHCl3.H3NOS/c2-1(3)4;1-3-2/h1H;1H,3H2. The van der Waals surface area contributed by atoms with E-state index in [0.29, 0.717) is 0 Å². The predicted molar refractivity (Wildman–Crippen MR) is 35.0 cm³/mol. The Morgan fingerprint density at radius 2 is 1.43 bits per heavy atom. The van der Waals surface area contributed by atoms with Crippen LogP contribution in [0.2, 0.25) is 0 Å². The maximum Gasteiger partial charge on any atom is 0.180 e. The quantitative estimate of drug-likeness (QED) is 0.568. The van der Waals surface area contributed by atoms with Gasteiger partial charge in [-0.1, -0.05) is 34.8 Å². The van der Waals surface area contributed by atoms with E-state index in [0.717, 1.165) is 0 Å². The molecule has 6 heteroatoms. The monoisotopic (exact) mass is 183 g/mol. The minimum absolute atomic E-state index is 0.750. The van der Waals surface area contributed by atoms with Crippen molar-refractivity contribution in [2.24, 2.45) is 0 Å². The van der Waals surface area contributed by atoms with E-state index < -0.39 is 15.8 Å². The molecule has 0 saturated heterocycles. The van der Waals surface area contributed by atoms with Crippen molar-refractivity contribution >= 4 is 46.3 Å². The molecule has 0 fully saturated rings. The summed E-state index contributed by atoms with van der Waals surface area (Å²) in [4.78, 5) is 0. The second-order valence-electron chi connectivity index (χ2n) is 0.349. The van der Waals surface area contributed by atoms with Gasteiger partial charge in [0.2, 0.25) is 0 Å². The number of hydrogen-bond donors (Lipinski definition) is 1. The largest absolute Gasteiger partial charge is 0.258 e. The van der Waals surface area contributed by atoms with Gasteiger partial charge in [0.1, 0.15) is 0 Å². The van der Waals surface area contributed by atoms with Crippen molar-refractivity contribution < 1.29 is 4.21 Å².